The molecule has 0 aromatic heterocycles. The maximum Gasteiger partial charge on any atom is 0.319 e. The van der Waals surface area contributed by atoms with E-state index in [1.165, 1.54) is 12.0 Å². The second kappa shape index (κ2) is 9.35. The van der Waals surface area contributed by atoms with Crippen LogP contribution < -0.4 is 15.5 Å². The SMILES string of the molecule is Cc1ccc(CN2C(=O)CSc3ccc(NC(=O)N[C@@H]4CCC[C@H](C)[C@H]4C)cc32)cc1. The molecule has 5 nitrogen and oxygen atoms in total. The van der Waals surface area contributed by atoms with Crippen LogP contribution in [0.5, 0.6) is 0 Å². The molecule has 0 spiro atoms. The standard InChI is InChI=1S/C25H31N3O2S/c1-16-7-9-19(10-8-16)14-28-22-13-20(11-12-23(22)31-15-24(28)29)26-25(30)27-21-6-4-5-17(2)18(21)3/h7-13,17-18,21H,4-6,14-15H2,1-3H3,(H2,26,27,30)/t17-,18+,21+/m0/s1. The van der Waals surface area contributed by atoms with Gasteiger partial charge >= 0.3 is 6.03 Å². The maximum absolute atomic E-state index is 12.7. The van der Waals surface area contributed by atoms with Crippen LogP contribution in [-0.2, 0) is 11.3 Å². The first-order valence-electron chi connectivity index (χ1n) is 11.1. The Morgan fingerprint density at radius 2 is 1.90 bits per heavy atom. The second-order valence-corrected chi connectivity index (χ2v) is 9.93. The van der Waals surface area contributed by atoms with Crippen molar-refractivity contribution in [1.82, 2.24) is 5.32 Å². The fraction of sp³-hybridized carbons (Fsp3) is 0.440. The molecule has 2 aromatic rings. The van der Waals surface area contributed by atoms with E-state index in [9.17, 15) is 9.59 Å². The van der Waals surface area contributed by atoms with E-state index in [2.05, 4.69) is 55.7 Å². The molecule has 1 heterocycles. The smallest absolute Gasteiger partial charge is 0.319 e. The topological polar surface area (TPSA) is 61.4 Å². The van der Waals surface area contributed by atoms with Gasteiger partial charge in [-0.1, -0.05) is 56.5 Å². The van der Waals surface area contributed by atoms with E-state index in [0.29, 0.717) is 29.8 Å². The molecule has 6 heteroatoms. The molecule has 0 saturated heterocycles. The molecule has 3 atom stereocenters. The maximum atomic E-state index is 12.7. The van der Waals surface area contributed by atoms with E-state index >= 15 is 0 Å². The Labute approximate surface area is 189 Å². The molecule has 2 N–H and O–H groups in total. The molecule has 1 fully saturated rings. The number of carbonyl (C=O) groups is 2. The van der Waals surface area contributed by atoms with Gasteiger partial charge in [0.1, 0.15) is 0 Å². The van der Waals surface area contributed by atoms with Gasteiger partial charge in [0.05, 0.1) is 18.0 Å². The number of aryl methyl sites for hydroxylation is 1. The van der Waals surface area contributed by atoms with Crippen LogP contribution in [-0.4, -0.2) is 23.7 Å². The minimum atomic E-state index is -0.175. The number of fused-ring (bicyclic) bond motifs is 1. The summed E-state index contributed by atoms with van der Waals surface area (Å²) in [6.45, 7) is 7.07. The number of nitrogens with zero attached hydrogens (tertiary/aromatic N) is 1. The molecule has 0 radical (unpaired) electrons. The van der Waals surface area contributed by atoms with Gasteiger partial charge in [-0.15, -0.1) is 11.8 Å². The number of carbonyl (C=O) groups excluding carboxylic acids is 2. The Morgan fingerprint density at radius 1 is 1.13 bits per heavy atom. The van der Waals surface area contributed by atoms with Crippen LogP contribution >= 0.6 is 11.8 Å². The van der Waals surface area contributed by atoms with Gasteiger partial charge in [-0.05, 0) is 48.9 Å². The summed E-state index contributed by atoms with van der Waals surface area (Å²) >= 11 is 1.55. The van der Waals surface area contributed by atoms with Crippen molar-refractivity contribution in [2.45, 2.75) is 57.5 Å². The number of urea groups is 1. The highest BCUT2D eigenvalue weighted by Crippen LogP contribution is 2.38. The number of rotatable bonds is 4. The van der Waals surface area contributed by atoms with Crippen molar-refractivity contribution in [2.24, 2.45) is 11.8 Å². The van der Waals surface area contributed by atoms with Crippen molar-refractivity contribution in [3.05, 3.63) is 53.6 Å². The molecule has 3 amide bonds. The highest BCUT2D eigenvalue weighted by atomic mass is 32.2. The fourth-order valence-electron chi connectivity index (χ4n) is 4.45. The highest BCUT2D eigenvalue weighted by Gasteiger charge is 2.29. The number of hydrogen-bond acceptors (Lipinski definition) is 3. The Morgan fingerprint density at radius 3 is 2.68 bits per heavy atom. The third-order valence-electron chi connectivity index (χ3n) is 6.64. The van der Waals surface area contributed by atoms with Gasteiger partial charge in [0.25, 0.3) is 0 Å². The largest absolute Gasteiger partial charge is 0.335 e. The van der Waals surface area contributed by atoms with Crippen molar-refractivity contribution in [3.8, 4) is 0 Å². The Balaban J connectivity index is 1.48. The second-order valence-electron chi connectivity index (χ2n) is 8.91. The van der Waals surface area contributed by atoms with Gasteiger partial charge in [-0.3, -0.25) is 4.79 Å². The molecule has 164 valence electrons. The van der Waals surface area contributed by atoms with E-state index < -0.39 is 0 Å². The lowest BCUT2D eigenvalue weighted by Crippen LogP contribution is -2.45. The summed E-state index contributed by atoms with van der Waals surface area (Å²) in [6.07, 6.45) is 3.41. The Hall–Kier alpha value is -2.47. The number of amides is 3. The van der Waals surface area contributed by atoms with Crippen LogP contribution in [0.4, 0.5) is 16.2 Å². The van der Waals surface area contributed by atoms with Gasteiger partial charge in [0, 0.05) is 16.6 Å². The van der Waals surface area contributed by atoms with E-state index in [4.69, 9.17) is 0 Å². The molecule has 1 aliphatic heterocycles. The van der Waals surface area contributed by atoms with Crippen molar-refractivity contribution in [1.29, 1.82) is 0 Å². The monoisotopic (exact) mass is 437 g/mol. The zero-order valence-electron chi connectivity index (χ0n) is 18.5. The molecule has 2 aliphatic rings. The Bertz CT molecular complexity index is 960. The molecule has 0 unspecified atom stereocenters. The molecule has 4 rings (SSSR count). The van der Waals surface area contributed by atoms with Gasteiger partial charge in [-0.25, -0.2) is 4.79 Å². The predicted molar refractivity (Wildman–Crippen MR) is 128 cm³/mol. The first-order chi connectivity index (χ1) is 14.9. The van der Waals surface area contributed by atoms with Crippen molar-refractivity contribution >= 4 is 35.1 Å². The first-order valence-corrected chi connectivity index (χ1v) is 12.1. The van der Waals surface area contributed by atoms with Gasteiger partial charge in [0.15, 0.2) is 0 Å². The summed E-state index contributed by atoms with van der Waals surface area (Å²) in [7, 11) is 0. The van der Waals surface area contributed by atoms with Gasteiger partial charge in [-0.2, -0.15) is 0 Å². The average molecular weight is 438 g/mol. The summed E-state index contributed by atoms with van der Waals surface area (Å²) in [4.78, 5) is 28.2. The lowest BCUT2D eigenvalue weighted by Gasteiger charge is -2.34. The van der Waals surface area contributed by atoms with Crippen LogP contribution in [0.2, 0.25) is 0 Å². The Kier molecular flexibility index (Phi) is 6.56. The number of nitrogens with one attached hydrogen (secondary N) is 2. The minimum Gasteiger partial charge on any atom is -0.335 e. The number of anilines is 2. The highest BCUT2D eigenvalue weighted by molar-refractivity contribution is 8.00. The summed E-state index contributed by atoms with van der Waals surface area (Å²) in [5, 5.41) is 6.14. The average Bonchev–Trinajstić information content (AvgIpc) is 2.75. The van der Waals surface area contributed by atoms with Crippen LogP contribution in [0.15, 0.2) is 47.4 Å². The number of thioether (sulfide) groups is 1. The normalized spacial score (nSPS) is 23.3. The summed E-state index contributed by atoms with van der Waals surface area (Å²) in [5.41, 5.74) is 3.86. The van der Waals surface area contributed by atoms with Crippen molar-refractivity contribution < 1.29 is 9.59 Å². The molecular formula is C25H31N3O2S. The quantitative estimate of drug-likeness (QED) is 0.656. The van der Waals surface area contributed by atoms with Gasteiger partial charge in [0.2, 0.25) is 5.91 Å². The lowest BCUT2D eigenvalue weighted by atomic mass is 9.78. The molecule has 0 bridgehead atoms. The summed E-state index contributed by atoms with van der Waals surface area (Å²) in [6, 6.07) is 14.1. The molecule has 31 heavy (non-hydrogen) atoms. The lowest BCUT2D eigenvalue weighted by molar-refractivity contribution is -0.116. The third kappa shape index (κ3) is 5.06. The molecule has 1 aliphatic carbocycles. The molecule has 1 saturated carbocycles. The van der Waals surface area contributed by atoms with Crippen LogP contribution in [0, 0.1) is 18.8 Å². The van der Waals surface area contributed by atoms with Gasteiger partial charge < -0.3 is 15.5 Å². The van der Waals surface area contributed by atoms with Crippen molar-refractivity contribution in [3.63, 3.8) is 0 Å². The third-order valence-corrected chi connectivity index (χ3v) is 7.69. The van der Waals surface area contributed by atoms with E-state index in [1.54, 1.807) is 11.8 Å². The van der Waals surface area contributed by atoms with Crippen LogP contribution in [0.25, 0.3) is 0 Å². The van der Waals surface area contributed by atoms with E-state index in [1.807, 2.05) is 23.1 Å². The van der Waals surface area contributed by atoms with E-state index in [-0.39, 0.29) is 18.0 Å². The molecule has 2 aromatic carbocycles. The van der Waals surface area contributed by atoms with E-state index in [0.717, 1.165) is 29.0 Å². The van der Waals surface area contributed by atoms with Crippen LogP contribution in [0.1, 0.15) is 44.2 Å². The zero-order chi connectivity index (χ0) is 22.0. The number of benzene rings is 2. The summed E-state index contributed by atoms with van der Waals surface area (Å²) < 4.78 is 0. The fourth-order valence-corrected chi connectivity index (χ4v) is 5.37. The zero-order valence-corrected chi connectivity index (χ0v) is 19.3. The molecular weight excluding hydrogens is 406 g/mol. The predicted octanol–water partition coefficient (Wildman–Crippen LogP) is 5.58. The first kappa shape index (κ1) is 21.8. The minimum absolute atomic E-state index is 0.0877. The number of hydrogen-bond donors (Lipinski definition) is 2. The summed E-state index contributed by atoms with van der Waals surface area (Å²) in [5.74, 6) is 1.62. The van der Waals surface area contributed by atoms with Crippen LogP contribution in [0.3, 0.4) is 0 Å². The van der Waals surface area contributed by atoms with Crippen molar-refractivity contribution in [2.75, 3.05) is 16.0 Å².